The highest BCUT2D eigenvalue weighted by Crippen LogP contribution is 2.22. The number of hydrogen-bond donors (Lipinski definition) is 1. The number of halogens is 3. The average Bonchev–Trinajstić information content (AvgIpc) is 2.58. The fourth-order valence-electron chi connectivity index (χ4n) is 1.97. The number of nitrogens with zero attached hydrogens (tertiary/aromatic N) is 1. The molecule has 1 heterocycles. The summed E-state index contributed by atoms with van der Waals surface area (Å²) in [7, 11) is 0. The summed E-state index contributed by atoms with van der Waals surface area (Å²) < 4.78 is 36.1. The molecule has 1 N–H and O–H groups in total. The first-order valence-corrected chi connectivity index (χ1v) is 5.89. The SMILES string of the molecule is CC(C)NCC1CCN(CCC(F)(F)F)C1. The van der Waals surface area contributed by atoms with Crippen LogP contribution in [0.15, 0.2) is 0 Å². The lowest BCUT2D eigenvalue weighted by atomic mass is 10.1. The van der Waals surface area contributed by atoms with Crippen molar-refractivity contribution in [3.8, 4) is 0 Å². The maximum Gasteiger partial charge on any atom is 0.390 e. The molecule has 0 aromatic carbocycles. The molecule has 0 saturated carbocycles. The molecule has 96 valence electrons. The van der Waals surface area contributed by atoms with Crippen LogP contribution >= 0.6 is 0 Å². The monoisotopic (exact) mass is 238 g/mol. The third-order valence-electron chi connectivity index (χ3n) is 2.90. The van der Waals surface area contributed by atoms with Gasteiger partial charge in [-0.1, -0.05) is 13.8 Å². The number of rotatable bonds is 5. The van der Waals surface area contributed by atoms with E-state index in [1.54, 1.807) is 0 Å². The zero-order chi connectivity index (χ0) is 12.2. The Hall–Kier alpha value is -0.290. The van der Waals surface area contributed by atoms with Gasteiger partial charge in [0.15, 0.2) is 0 Å². The van der Waals surface area contributed by atoms with Crippen molar-refractivity contribution in [2.45, 2.75) is 38.9 Å². The Labute approximate surface area is 95.2 Å². The summed E-state index contributed by atoms with van der Waals surface area (Å²) in [6.45, 7) is 6.84. The molecule has 0 aliphatic carbocycles. The lowest BCUT2D eigenvalue weighted by molar-refractivity contribution is -0.137. The van der Waals surface area contributed by atoms with Crippen LogP contribution in [0.5, 0.6) is 0 Å². The Kier molecular flexibility index (Phi) is 5.05. The van der Waals surface area contributed by atoms with Crippen LogP contribution in [-0.4, -0.2) is 43.3 Å². The fourth-order valence-corrected chi connectivity index (χ4v) is 1.97. The number of hydrogen-bond acceptors (Lipinski definition) is 2. The molecular formula is C11H21F3N2. The van der Waals surface area contributed by atoms with Gasteiger partial charge in [0.2, 0.25) is 0 Å². The van der Waals surface area contributed by atoms with E-state index < -0.39 is 12.6 Å². The van der Waals surface area contributed by atoms with E-state index in [0.717, 1.165) is 26.1 Å². The normalized spacial score (nSPS) is 23.2. The summed E-state index contributed by atoms with van der Waals surface area (Å²) in [6, 6.07) is 0.448. The van der Waals surface area contributed by atoms with Gasteiger partial charge in [0.25, 0.3) is 0 Å². The Bertz CT molecular complexity index is 204. The van der Waals surface area contributed by atoms with Crippen molar-refractivity contribution in [3.63, 3.8) is 0 Å². The average molecular weight is 238 g/mol. The van der Waals surface area contributed by atoms with Gasteiger partial charge in [-0.15, -0.1) is 0 Å². The van der Waals surface area contributed by atoms with E-state index in [1.807, 2.05) is 4.90 Å². The summed E-state index contributed by atoms with van der Waals surface area (Å²) in [5.74, 6) is 0.510. The van der Waals surface area contributed by atoms with E-state index in [4.69, 9.17) is 0 Å². The molecule has 16 heavy (non-hydrogen) atoms. The molecule has 0 radical (unpaired) electrons. The second kappa shape index (κ2) is 5.87. The van der Waals surface area contributed by atoms with Crippen LogP contribution in [0.2, 0.25) is 0 Å². The van der Waals surface area contributed by atoms with Gasteiger partial charge in [0.1, 0.15) is 0 Å². The topological polar surface area (TPSA) is 15.3 Å². The Morgan fingerprint density at radius 1 is 1.38 bits per heavy atom. The molecular weight excluding hydrogens is 217 g/mol. The quantitative estimate of drug-likeness (QED) is 0.790. The molecule has 1 saturated heterocycles. The number of nitrogens with one attached hydrogen (secondary N) is 1. The summed E-state index contributed by atoms with van der Waals surface area (Å²) in [4.78, 5) is 1.92. The number of alkyl halides is 3. The zero-order valence-corrected chi connectivity index (χ0v) is 9.98. The van der Waals surface area contributed by atoms with Crippen molar-refractivity contribution in [1.29, 1.82) is 0 Å². The van der Waals surface area contributed by atoms with Crippen LogP contribution < -0.4 is 5.32 Å². The first-order valence-electron chi connectivity index (χ1n) is 5.89. The highest BCUT2D eigenvalue weighted by atomic mass is 19.4. The third kappa shape index (κ3) is 5.70. The Morgan fingerprint density at radius 2 is 2.06 bits per heavy atom. The van der Waals surface area contributed by atoms with Crippen molar-refractivity contribution in [1.82, 2.24) is 10.2 Å². The molecule has 5 heteroatoms. The van der Waals surface area contributed by atoms with Crippen molar-refractivity contribution in [2.24, 2.45) is 5.92 Å². The van der Waals surface area contributed by atoms with Gasteiger partial charge in [-0.2, -0.15) is 13.2 Å². The van der Waals surface area contributed by atoms with Gasteiger partial charge in [0, 0.05) is 19.1 Å². The van der Waals surface area contributed by atoms with E-state index in [2.05, 4.69) is 19.2 Å². The third-order valence-corrected chi connectivity index (χ3v) is 2.90. The first-order chi connectivity index (χ1) is 7.37. The molecule has 0 aromatic heterocycles. The van der Waals surface area contributed by atoms with Gasteiger partial charge in [-0.05, 0) is 25.4 Å². The van der Waals surface area contributed by atoms with Crippen LogP contribution in [-0.2, 0) is 0 Å². The summed E-state index contributed by atoms with van der Waals surface area (Å²) in [6.07, 6.45) is -3.69. The Morgan fingerprint density at radius 3 is 2.62 bits per heavy atom. The van der Waals surface area contributed by atoms with E-state index in [0.29, 0.717) is 12.0 Å². The largest absolute Gasteiger partial charge is 0.390 e. The second-order valence-electron chi connectivity index (χ2n) is 4.88. The van der Waals surface area contributed by atoms with Gasteiger partial charge in [0.05, 0.1) is 6.42 Å². The number of likely N-dealkylation sites (tertiary alicyclic amines) is 1. The predicted octanol–water partition coefficient (Wildman–Crippen LogP) is 2.26. The smallest absolute Gasteiger partial charge is 0.314 e. The highest BCUT2D eigenvalue weighted by Gasteiger charge is 2.30. The summed E-state index contributed by atoms with van der Waals surface area (Å²) in [5, 5.41) is 3.33. The van der Waals surface area contributed by atoms with Gasteiger partial charge < -0.3 is 10.2 Å². The highest BCUT2D eigenvalue weighted by molar-refractivity contribution is 4.78. The van der Waals surface area contributed by atoms with E-state index in [9.17, 15) is 13.2 Å². The predicted molar refractivity (Wildman–Crippen MR) is 58.4 cm³/mol. The molecule has 0 bridgehead atoms. The molecule has 1 aliphatic heterocycles. The molecule has 1 unspecified atom stereocenters. The molecule has 1 aliphatic rings. The standard InChI is InChI=1S/C11H21F3N2/c1-9(2)15-7-10-3-5-16(8-10)6-4-11(12,13)14/h9-10,15H,3-8H2,1-2H3. The van der Waals surface area contributed by atoms with Crippen LogP contribution in [0, 0.1) is 5.92 Å². The Balaban J connectivity index is 2.15. The van der Waals surface area contributed by atoms with Crippen molar-refractivity contribution in [2.75, 3.05) is 26.2 Å². The van der Waals surface area contributed by atoms with Crippen molar-refractivity contribution in [3.05, 3.63) is 0 Å². The minimum Gasteiger partial charge on any atom is -0.314 e. The van der Waals surface area contributed by atoms with Crippen LogP contribution in [0.1, 0.15) is 26.7 Å². The van der Waals surface area contributed by atoms with Crippen LogP contribution in [0.4, 0.5) is 13.2 Å². The van der Waals surface area contributed by atoms with E-state index in [-0.39, 0.29) is 6.54 Å². The lowest BCUT2D eigenvalue weighted by Crippen LogP contribution is -2.31. The lowest BCUT2D eigenvalue weighted by Gasteiger charge is -2.17. The molecule has 2 nitrogen and oxygen atoms in total. The fraction of sp³-hybridized carbons (Fsp3) is 1.00. The van der Waals surface area contributed by atoms with Crippen LogP contribution in [0.25, 0.3) is 0 Å². The molecule has 0 spiro atoms. The summed E-state index contributed by atoms with van der Waals surface area (Å²) >= 11 is 0. The first kappa shape index (κ1) is 13.8. The van der Waals surface area contributed by atoms with Gasteiger partial charge >= 0.3 is 6.18 Å². The van der Waals surface area contributed by atoms with Crippen molar-refractivity contribution >= 4 is 0 Å². The van der Waals surface area contributed by atoms with Crippen molar-refractivity contribution < 1.29 is 13.2 Å². The molecule has 0 aromatic rings. The zero-order valence-electron chi connectivity index (χ0n) is 9.98. The molecule has 1 atom stereocenters. The summed E-state index contributed by atoms with van der Waals surface area (Å²) in [5.41, 5.74) is 0. The van der Waals surface area contributed by atoms with Gasteiger partial charge in [-0.3, -0.25) is 0 Å². The van der Waals surface area contributed by atoms with E-state index in [1.165, 1.54) is 0 Å². The van der Waals surface area contributed by atoms with E-state index >= 15 is 0 Å². The molecule has 0 amide bonds. The second-order valence-corrected chi connectivity index (χ2v) is 4.88. The molecule has 1 fully saturated rings. The van der Waals surface area contributed by atoms with Gasteiger partial charge in [-0.25, -0.2) is 0 Å². The maximum atomic E-state index is 12.0. The molecule has 1 rings (SSSR count). The maximum absolute atomic E-state index is 12.0. The minimum absolute atomic E-state index is 0.154. The van der Waals surface area contributed by atoms with Crippen LogP contribution in [0.3, 0.4) is 0 Å². The minimum atomic E-state index is -4.02.